The molecule has 1 aliphatic heterocycles. The third kappa shape index (κ3) is 2.71. The molecule has 1 atom stereocenters. The Bertz CT molecular complexity index is 496. The summed E-state index contributed by atoms with van der Waals surface area (Å²) in [6.45, 7) is 2.28. The molecule has 1 aliphatic rings. The number of esters is 1. The van der Waals surface area contributed by atoms with Gasteiger partial charge in [0.1, 0.15) is 11.6 Å². The molecule has 4 nitrogen and oxygen atoms in total. The van der Waals surface area contributed by atoms with Gasteiger partial charge < -0.3 is 9.47 Å². The van der Waals surface area contributed by atoms with Crippen LogP contribution in [-0.2, 0) is 14.3 Å². The van der Waals surface area contributed by atoms with Gasteiger partial charge in [-0.3, -0.25) is 0 Å². The molecule has 0 radical (unpaired) electrons. The number of nitrogens with zero attached hydrogens (tertiary/aromatic N) is 1. The number of carbonyl (C=O) groups is 1. The van der Waals surface area contributed by atoms with E-state index >= 15 is 0 Å². The zero-order valence-electron chi connectivity index (χ0n) is 9.80. The van der Waals surface area contributed by atoms with Crippen molar-refractivity contribution in [3.8, 4) is 0 Å². The van der Waals surface area contributed by atoms with Gasteiger partial charge in [0, 0.05) is 0 Å². The van der Waals surface area contributed by atoms with Crippen LogP contribution >= 0.6 is 11.6 Å². The second kappa shape index (κ2) is 5.69. The van der Waals surface area contributed by atoms with E-state index in [9.17, 15) is 4.79 Å². The minimum atomic E-state index is -0.581. The van der Waals surface area contributed by atoms with Crippen molar-refractivity contribution in [3.05, 3.63) is 47.9 Å². The molecule has 1 aromatic carbocycles. The molecule has 0 saturated carbocycles. The molecule has 94 valence electrons. The summed E-state index contributed by atoms with van der Waals surface area (Å²) in [5.74, 6) is -0.362. The molecule has 0 saturated heterocycles. The number of rotatable bonds is 4. The first-order chi connectivity index (χ1) is 8.72. The Labute approximate surface area is 110 Å². The maximum atomic E-state index is 11.5. The highest BCUT2D eigenvalue weighted by Crippen LogP contribution is 2.27. The molecule has 0 spiro atoms. The normalized spacial score (nSPS) is 18.4. The number of alkyl halides is 1. The van der Waals surface area contributed by atoms with Crippen LogP contribution in [0.3, 0.4) is 0 Å². The summed E-state index contributed by atoms with van der Waals surface area (Å²) in [7, 11) is 0. The smallest absolute Gasteiger partial charge is 0.366 e. The van der Waals surface area contributed by atoms with Gasteiger partial charge in [-0.15, -0.1) is 11.6 Å². The zero-order chi connectivity index (χ0) is 13.0. The molecule has 2 rings (SSSR count). The molecule has 0 aliphatic carbocycles. The Kier molecular flexibility index (Phi) is 3.99. The molecule has 1 heterocycles. The number of halogens is 1. The minimum absolute atomic E-state index is 0.133. The number of ether oxygens (including phenoxy) is 2. The van der Waals surface area contributed by atoms with Crippen LogP contribution in [0.4, 0.5) is 0 Å². The Balaban J connectivity index is 2.18. The van der Waals surface area contributed by atoms with Crippen molar-refractivity contribution >= 4 is 23.5 Å². The van der Waals surface area contributed by atoms with Crippen LogP contribution in [0.15, 0.2) is 47.3 Å². The van der Waals surface area contributed by atoms with E-state index in [2.05, 4.69) is 4.99 Å². The Morgan fingerprint density at radius 2 is 2.17 bits per heavy atom. The molecule has 5 heteroatoms. The summed E-state index contributed by atoms with van der Waals surface area (Å²) in [4.78, 5) is 15.5. The van der Waals surface area contributed by atoms with Crippen LogP contribution in [0.2, 0.25) is 0 Å². The summed E-state index contributed by atoms with van der Waals surface area (Å²) in [5, 5.41) is -0.581. The number of aliphatic imine (C=N–C) groups is 1. The summed E-state index contributed by atoms with van der Waals surface area (Å²) in [6.07, 6.45) is 1.28. The average molecular weight is 266 g/mol. The van der Waals surface area contributed by atoms with E-state index in [4.69, 9.17) is 21.1 Å². The Morgan fingerprint density at radius 3 is 2.83 bits per heavy atom. The van der Waals surface area contributed by atoms with E-state index in [0.29, 0.717) is 6.61 Å². The molecule has 1 aromatic rings. The molecule has 0 fully saturated rings. The third-order valence-corrected chi connectivity index (χ3v) is 2.75. The lowest BCUT2D eigenvalue weighted by Crippen LogP contribution is -2.10. The quantitative estimate of drug-likeness (QED) is 0.364. The largest absolute Gasteiger partial charge is 0.499 e. The van der Waals surface area contributed by atoms with E-state index in [-0.39, 0.29) is 11.6 Å². The predicted molar refractivity (Wildman–Crippen MR) is 68.3 cm³/mol. The Hall–Kier alpha value is -1.81. The summed E-state index contributed by atoms with van der Waals surface area (Å²) >= 11 is 6.20. The standard InChI is InChI=1S/C13H12ClNO3/c1-2-17-8-10-13(16)18-12(15-10)11(14)9-6-4-3-5-7-9/h3-8,11H,2H2,1H3/b10-8+/t11-/m1/s1. The summed E-state index contributed by atoms with van der Waals surface area (Å²) in [6, 6.07) is 9.30. The Morgan fingerprint density at radius 1 is 1.44 bits per heavy atom. The van der Waals surface area contributed by atoms with Gasteiger partial charge in [0.05, 0.1) is 6.61 Å². The van der Waals surface area contributed by atoms with E-state index in [0.717, 1.165) is 5.56 Å². The van der Waals surface area contributed by atoms with Crippen LogP contribution in [0.1, 0.15) is 17.9 Å². The number of cyclic esters (lactones) is 1. The fourth-order valence-electron chi connectivity index (χ4n) is 1.44. The predicted octanol–water partition coefficient (Wildman–Crippen LogP) is 2.80. The molecular weight excluding hydrogens is 254 g/mol. The lowest BCUT2D eigenvalue weighted by molar-refractivity contribution is -0.130. The van der Waals surface area contributed by atoms with Gasteiger partial charge >= 0.3 is 5.97 Å². The third-order valence-electron chi connectivity index (χ3n) is 2.31. The van der Waals surface area contributed by atoms with Crippen LogP contribution in [-0.4, -0.2) is 18.5 Å². The second-order valence-electron chi connectivity index (χ2n) is 3.57. The minimum Gasteiger partial charge on any atom is -0.499 e. The van der Waals surface area contributed by atoms with Crippen molar-refractivity contribution in [1.82, 2.24) is 0 Å². The molecular formula is C13H12ClNO3. The van der Waals surface area contributed by atoms with Crippen molar-refractivity contribution in [2.45, 2.75) is 12.3 Å². The number of hydrogen-bond donors (Lipinski definition) is 0. The maximum Gasteiger partial charge on any atom is 0.366 e. The first-order valence-corrected chi connectivity index (χ1v) is 5.97. The van der Waals surface area contributed by atoms with Crippen LogP contribution in [0.5, 0.6) is 0 Å². The topological polar surface area (TPSA) is 47.9 Å². The molecule has 0 N–H and O–H groups in total. The highest BCUT2D eigenvalue weighted by Gasteiger charge is 2.29. The highest BCUT2D eigenvalue weighted by molar-refractivity contribution is 6.32. The van der Waals surface area contributed by atoms with Crippen molar-refractivity contribution in [1.29, 1.82) is 0 Å². The summed E-state index contributed by atoms with van der Waals surface area (Å²) in [5.41, 5.74) is 0.955. The van der Waals surface area contributed by atoms with E-state index in [1.165, 1.54) is 6.26 Å². The van der Waals surface area contributed by atoms with E-state index < -0.39 is 11.3 Å². The van der Waals surface area contributed by atoms with Crippen molar-refractivity contribution in [2.75, 3.05) is 6.61 Å². The number of carbonyl (C=O) groups excluding carboxylic acids is 1. The van der Waals surface area contributed by atoms with Crippen molar-refractivity contribution < 1.29 is 14.3 Å². The van der Waals surface area contributed by atoms with Crippen LogP contribution in [0.25, 0.3) is 0 Å². The summed E-state index contributed by atoms with van der Waals surface area (Å²) < 4.78 is 10.0. The van der Waals surface area contributed by atoms with E-state index in [1.807, 2.05) is 37.3 Å². The molecule has 0 aromatic heterocycles. The van der Waals surface area contributed by atoms with Crippen LogP contribution in [0, 0.1) is 0 Å². The first kappa shape index (κ1) is 12.6. The highest BCUT2D eigenvalue weighted by atomic mass is 35.5. The SMILES string of the molecule is CCO/C=C1/N=C([C@H](Cl)c2ccccc2)OC1=O. The van der Waals surface area contributed by atoms with Gasteiger partial charge in [-0.2, -0.15) is 0 Å². The number of hydrogen-bond acceptors (Lipinski definition) is 4. The lowest BCUT2D eigenvalue weighted by atomic mass is 10.1. The molecule has 0 unspecified atom stereocenters. The first-order valence-electron chi connectivity index (χ1n) is 5.54. The van der Waals surface area contributed by atoms with Crippen molar-refractivity contribution in [3.63, 3.8) is 0 Å². The lowest BCUT2D eigenvalue weighted by Gasteiger charge is -2.07. The van der Waals surface area contributed by atoms with E-state index in [1.54, 1.807) is 0 Å². The maximum absolute atomic E-state index is 11.5. The number of benzene rings is 1. The van der Waals surface area contributed by atoms with Gasteiger partial charge in [0.2, 0.25) is 5.90 Å². The zero-order valence-corrected chi connectivity index (χ0v) is 10.6. The monoisotopic (exact) mass is 265 g/mol. The molecule has 0 bridgehead atoms. The van der Waals surface area contributed by atoms with Gasteiger partial charge in [0.25, 0.3) is 0 Å². The fourth-order valence-corrected chi connectivity index (χ4v) is 1.68. The molecule has 0 amide bonds. The van der Waals surface area contributed by atoms with Gasteiger partial charge in [-0.05, 0) is 12.5 Å². The average Bonchev–Trinajstić information content (AvgIpc) is 2.78. The fraction of sp³-hybridized carbons (Fsp3) is 0.231. The second-order valence-corrected chi connectivity index (χ2v) is 4.01. The van der Waals surface area contributed by atoms with Crippen LogP contribution < -0.4 is 0 Å². The van der Waals surface area contributed by atoms with Gasteiger partial charge in [-0.1, -0.05) is 30.3 Å². The van der Waals surface area contributed by atoms with Crippen molar-refractivity contribution in [2.24, 2.45) is 4.99 Å². The van der Waals surface area contributed by atoms with Gasteiger partial charge in [-0.25, -0.2) is 9.79 Å². The van der Waals surface area contributed by atoms with Gasteiger partial charge in [0.15, 0.2) is 5.70 Å². The molecule has 18 heavy (non-hydrogen) atoms.